The standard InChI is InChI=1S/C23H21N3O4/c1-13-20(23(28)26-15-4-3-9-24-11-15)21(22-16(25-13)5-2-6-17(22)27)14-7-8-18-19(10-14)30-12-29-18/h3-4,7-11,21,25H,2,5-6,12H2,1H3,(H,26,28)/t21-/m0/s1. The van der Waals surface area contributed by atoms with Crippen molar-refractivity contribution in [3.05, 3.63) is 70.8 Å². The molecule has 7 heteroatoms. The van der Waals surface area contributed by atoms with Gasteiger partial charge < -0.3 is 20.1 Å². The number of amides is 1. The van der Waals surface area contributed by atoms with Gasteiger partial charge in [0.1, 0.15) is 0 Å². The maximum atomic E-state index is 13.3. The number of aromatic nitrogens is 1. The molecule has 152 valence electrons. The van der Waals surface area contributed by atoms with E-state index in [9.17, 15) is 9.59 Å². The Morgan fingerprint density at radius 3 is 2.90 bits per heavy atom. The molecule has 3 aliphatic rings. The minimum absolute atomic E-state index is 0.0746. The van der Waals surface area contributed by atoms with Crippen LogP contribution in [-0.2, 0) is 9.59 Å². The Hall–Kier alpha value is -3.61. The summed E-state index contributed by atoms with van der Waals surface area (Å²) < 4.78 is 11.0. The van der Waals surface area contributed by atoms with Crippen LogP contribution < -0.4 is 20.1 Å². The van der Waals surface area contributed by atoms with Gasteiger partial charge in [-0.3, -0.25) is 14.6 Å². The van der Waals surface area contributed by atoms with Gasteiger partial charge in [0.05, 0.1) is 11.9 Å². The number of dihydropyridines is 1. The molecule has 1 aromatic carbocycles. The number of benzene rings is 1. The van der Waals surface area contributed by atoms with Gasteiger partial charge in [0.25, 0.3) is 5.91 Å². The van der Waals surface area contributed by atoms with Crippen molar-refractivity contribution in [2.75, 3.05) is 12.1 Å². The Morgan fingerprint density at radius 1 is 1.20 bits per heavy atom. The van der Waals surface area contributed by atoms with E-state index in [2.05, 4.69) is 15.6 Å². The molecular weight excluding hydrogens is 382 g/mol. The molecule has 2 N–H and O–H groups in total. The van der Waals surface area contributed by atoms with E-state index >= 15 is 0 Å². The number of hydrogen-bond donors (Lipinski definition) is 2. The number of pyridine rings is 1. The van der Waals surface area contributed by atoms with Crippen LogP contribution in [-0.4, -0.2) is 23.5 Å². The fourth-order valence-corrected chi connectivity index (χ4v) is 4.35. The van der Waals surface area contributed by atoms with Crippen LogP contribution in [0.1, 0.15) is 37.7 Å². The average Bonchev–Trinajstić information content (AvgIpc) is 3.21. The smallest absolute Gasteiger partial charge is 0.254 e. The van der Waals surface area contributed by atoms with Crippen molar-refractivity contribution < 1.29 is 19.1 Å². The SMILES string of the molecule is CC1=C(C(=O)Nc2cccnc2)[C@H](c2ccc3c(c2)OCO3)C2=C(CCCC2=O)N1. The Kier molecular flexibility index (Phi) is 4.50. The third kappa shape index (κ3) is 3.12. The highest BCUT2D eigenvalue weighted by Gasteiger charge is 2.39. The molecule has 1 aromatic heterocycles. The number of rotatable bonds is 3. The Labute approximate surface area is 173 Å². The second-order valence-electron chi connectivity index (χ2n) is 7.57. The van der Waals surface area contributed by atoms with Gasteiger partial charge in [0, 0.05) is 41.1 Å². The molecule has 1 atom stereocenters. The summed E-state index contributed by atoms with van der Waals surface area (Å²) in [4.78, 5) is 30.4. The van der Waals surface area contributed by atoms with Crippen molar-refractivity contribution in [2.24, 2.45) is 0 Å². The molecule has 0 saturated carbocycles. The molecule has 0 saturated heterocycles. The van der Waals surface area contributed by atoms with Crippen molar-refractivity contribution in [2.45, 2.75) is 32.1 Å². The number of nitrogens with zero attached hydrogens (tertiary/aromatic N) is 1. The van der Waals surface area contributed by atoms with Crippen molar-refractivity contribution in [1.82, 2.24) is 10.3 Å². The van der Waals surface area contributed by atoms with Gasteiger partial charge >= 0.3 is 0 Å². The number of carbonyl (C=O) groups is 2. The minimum atomic E-state index is -0.472. The van der Waals surface area contributed by atoms with Gasteiger partial charge in [0.15, 0.2) is 17.3 Å². The quantitative estimate of drug-likeness (QED) is 0.816. The van der Waals surface area contributed by atoms with E-state index < -0.39 is 5.92 Å². The highest BCUT2D eigenvalue weighted by Crippen LogP contribution is 2.45. The fourth-order valence-electron chi connectivity index (χ4n) is 4.35. The third-order valence-electron chi connectivity index (χ3n) is 5.67. The molecule has 7 nitrogen and oxygen atoms in total. The van der Waals surface area contributed by atoms with Crippen LogP contribution in [0, 0.1) is 0 Å². The number of nitrogens with one attached hydrogen (secondary N) is 2. The van der Waals surface area contributed by atoms with Crippen LogP contribution in [0.5, 0.6) is 11.5 Å². The number of hydrogen-bond acceptors (Lipinski definition) is 6. The number of Topliss-reactive ketones (excluding diaryl/α,β-unsaturated/α-hetero) is 1. The van der Waals surface area contributed by atoms with Crippen LogP contribution in [0.3, 0.4) is 0 Å². The molecule has 0 spiro atoms. The van der Waals surface area contributed by atoms with Crippen molar-refractivity contribution in [1.29, 1.82) is 0 Å². The molecule has 1 amide bonds. The molecule has 0 bridgehead atoms. The average molecular weight is 403 g/mol. The molecule has 0 radical (unpaired) electrons. The normalized spacial score (nSPS) is 20.0. The van der Waals surface area contributed by atoms with E-state index in [0.717, 1.165) is 29.8 Å². The maximum absolute atomic E-state index is 13.3. The first-order valence-electron chi connectivity index (χ1n) is 9.97. The third-order valence-corrected chi connectivity index (χ3v) is 5.67. The molecule has 30 heavy (non-hydrogen) atoms. The molecular formula is C23H21N3O4. The first kappa shape index (κ1) is 18.4. The summed E-state index contributed by atoms with van der Waals surface area (Å²) in [7, 11) is 0. The topological polar surface area (TPSA) is 89.6 Å². The van der Waals surface area contributed by atoms with Gasteiger partial charge in [0.2, 0.25) is 6.79 Å². The van der Waals surface area contributed by atoms with E-state index in [-0.39, 0.29) is 18.5 Å². The Bertz CT molecular complexity index is 1100. The summed E-state index contributed by atoms with van der Waals surface area (Å²) >= 11 is 0. The van der Waals surface area contributed by atoms with Crippen LogP contribution in [0.15, 0.2) is 65.3 Å². The summed E-state index contributed by atoms with van der Waals surface area (Å²) in [5.41, 5.74) is 4.27. The van der Waals surface area contributed by atoms with E-state index in [4.69, 9.17) is 9.47 Å². The van der Waals surface area contributed by atoms with Crippen molar-refractivity contribution in [3.63, 3.8) is 0 Å². The maximum Gasteiger partial charge on any atom is 0.254 e. The predicted molar refractivity (Wildman–Crippen MR) is 110 cm³/mol. The first-order valence-corrected chi connectivity index (χ1v) is 9.97. The Balaban J connectivity index is 1.60. The van der Waals surface area contributed by atoms with Crippen LogP contribution in [0.25, 0.3) is 0 Å². The summed E-state index contributed by atoms with van der Waals surface area (Å²) in [5.74, 6) is 0.631. The number of ether oxygens (including phenoxy) is 2. The van der Waals surface area contributed by atoms with Gasteiger partial charge in [-0.15, -0.1) is 0 Å². The van der Waals surface area contributed by atoms with E-state index in [1.807, 2.05) is 25.1 Å². The monoisotopic (exact) mass is 403 g/mol. The number of ketones is 1. The predicted octanol–water partition coefficient (Wildman–Crippen LogP) is 3.42. The zero-order chi connectivity index (χ0) is 20.7. The van der Waals surface area contributed by atoms with E-state index in [1.165, 1.54) is 0 Å². The van der Waals surface area contributed by atoms with Crippen LogP contribution in [0.4, 0.5) is 5.69 Å². The molecule has 5 rings (SSSR count). The van der Waals surface area contributed by atoms with Crippen molar-refractivity contribution >= 4 is 17.4 Å². The lowest BCUT2D eigenvalue weighted by molar-refractivity contribution is -0.116. The van der Waals surface area contributed by atoms with E-state index in [1.54, 1.807) is 24.5 Å². The highest BCUT2D eigenvalue weighted by molar-refractivity contribution is 6.09. The van der Waals surface area contributed by atoms with Gasteiger partial charge in [-0.2, -0.15) is 0 Å². The molecule has 0 fully saturated rings. The summed E-state index contributed by atoms with van der Waals surface area (Å²) in [6.07, 6.45) is 5.32. The minimum Gasteiger partial charge on any atom is -0.454 e. The lowest BCUT2D eigenvalue weighted by Gasteiger charge is -2.34. The molecule has 1 aliphatic carbocycles. The fraction of sp³-hybridized carbons (Fsp3) is 0.261. The molecule has 2 aliphatic heterocycles. The van der Waals surface area contributed by atoms with Crippen LogP contribution >= 0.6 is 0 Å². The molecule has 3 heterocycles. The summed E-state index contributed by atoms with van der Waals surface area (Å²) in [6, 6.07) is 9.15. The summed E-state index contributed by atoms with van der Waals surface area (Å²) in [5, 5.41) is 6.24. The molecule has 0 unspecified atom stereocenters. The first-order chi connectivity index (χ1) is 14.6. The second kappa shape index (κ2) is 7.33. The zero-order valence-corrected chi connectivity index (χ0v) is 16.5. The van der Waals surface area contributed by atoms with Crippen molar-refractivity contribution in [3.8, 4) is 11.5 Å². The second-order valence-corrected chi connectivity index (χ2v) is 7.57. The lowest BCUT2D eigenvalue weighted by Crippen LogP contribution is -2.35. The Morgan fingerprint density at radius 2 is 2.07 bits per heavy atom. The molecule has 2 aromatic rings. The highest BCUT2D eigenvalue weighted by atomic mass is 16.7. The number of anilines is 1. The van der Waals surface area contributed by atoms with Gasteiger partial charge in [-0.05, 0) is 49.6 Å². The van der Waals surface area contributed by atoms with Crippen LogP contribution in [0.2, 0.25) is 0 Å². The summed E-state index contributed by atoms with van der Waals surface area (Å²) in [6.45, 7) is 2.04. The van der Waals surface area contributed by atoms with E-state index in [0.29, 0.717) is 34.8 Å². The number of carbonyl (C=O) groups excluding carboxylic acids is 2. The number of allylic oxidation sites excluding steroid dienone is 3. The lowest BCUT2D eigenvalue weighted by atomic mass is 9.75. The zero-order valence-electron chi connectivity index (χ0n) is 16.5. The van der Waals surface area contributed by atoms with Gasteiger partial charge in [-0.25, -0.2) is 0 Å². The number of fused-ring (bicyclic) bond motifs is 1. The van der Waals surface area contributed by atoms with Gasteiger partial charge in [-0.1, -0.05) is 6.07 Å². The largest absolute Gasteiger partial charge is 0.454 e.